The summed E-state index contributed by atoms with van der Waals surface area (Å²) < 4.78 is 31.1. The highest BCUT2D eigenvalue weighted by atomic mass is 32.2. The highest BCUT2D eigenvalue weighted by molar-refractivity contribution is 7.88. The number of hydrogen-bond acceptors (Lipinski definition) is 4. The maximum Gasteiger partial charge on any atom is 0.218 e. The molecular formula is C13H22N2O3S. The van der Waals surface area contributed by atoms with Crippen LogP contribution in [0.3, 0.4) is 0 Å². The van der Waals surface area contributed by atoms with Crippen LogP contribution in [0.1, 0.15) is 12.0 Å². The van der Waals surface area contributed by atoms with E-state index in [-0.39, 0.29) is 5.75 Å². The fourth-order valence-electron chi connectivity index (χ4n) is 1.73. The fourth-order valence-corrected chi connectivity index (χ4v) is 3.28. The van der Waals surface area contributed by atoms with Crippen LogP contribution < -0.4 is 5.73 Å². The van der Waals surface area contributed by atoms with Crippen molar-refractivity contribution in [3.8, 4) is 0 Å². The van der Waals surface area contributed by atoms with Crippen molar-refractivity contribution in [2.45, 2.75) is 12.2 Å². The van der Waals surface area contributed by atoms with Gasteiger partial charge in [0.15, 0.2) is 0 Å². The van der Waals surface area contributed by atoms with E-state index in [0.717, 1.165) is 5.56 Å². The van der Waals surface area contributed by atoms with Gasteiger partial charge in [-0.1, -0.05) is 30.3 Å². The highest BCUT2D eigenvalue weighted by Gasteiger charge is 2.21. The number of ether oxygens (including phenoxy) is 1. The second-order valence-electron chi connectivity index (χ2n) is 4.28. The zero-order valence-corrected chi connectivity index (χ0v) is 12.1. The normalized spacial score (nSPS) is 11.9. The molecule has 0 fully saturated rings. The lowest BCUT2D eigenvalue weighted by atomic mass is 10.2. The first-order chi connectivity index (χ1) is 9.10. The molecule has 2 N–H and O–H groups in total. The van der Waals surface area contributed by atoms with Crippen LogP contribution in [0.25, 0.3) is 0 Å². The van der Waals surface area contributed by atoms with Gasteiger partial charge in [0.1, 0.15) is 0 Å². The van der Waals surface area contributed by atoms with Crippen LogP contribution in [0, 0.1) is 0 Å². The first-order valence-electron chi connectivity index (χ1n) is 6.31. The van der Waals surface area contributed by atoms with Gasteiger partial charge in [-0.3, -0.25) is 0 Å². The number of rotatable bonds is 9. The average Bonchev–Trinajstić information content (AvgIpc) is 2.39. The molecule has 0 saturated carbocycles. The van der Waals surface area contributed by atoms with Gasteiger partial charge in [-0.25, -0.2) is 8.42 Å². The van der Waals surface area contributed by atoms with Crippen LogP contribution in [0.4, 0.5) is 0 Å². The first-order valence-corrected chi connectivity index (χ1v) is 7.92. The summed E-state index contributed by atoms with van der Waals surface area (Å²) in [6.45, 7) is 1.67. The van der Waals surface area contributed by atoms with E-state index in [2.05, 4.69) is 0 Å². The Balaban J connectivity index is 2.74. The van der Waals surface area contributed by atoms with Gasteiger partial charge in [0, 0.05) is 20.2 Å². The van der Waals surface area contributed by atoms with E-state index in [9.17, 15) is 8.42 Å². The highest BCUT2D eigenvalue weighted by Crippen LogP contribution is 2.11. The van der Waals surface area contributed by atoms with Gasteiger partial charge < -0.3 is 10.5 Å². The third kappa shape index (κ3) is 5.69. The van der Waals surface area contributed by atoms with E-state index in [1.807, 2.05) is 30.3 Å². The Bertz CT molecular complexity index is 440. The van der Waals surface area contributed by atoms with Gasteiger partial charge in [0.25, 0.3) is 0 Å². The molecule has 0 bridgehead atoms. The predicted molar refractivity (Wildman–Crippen MR) is 76.2 cm³/mol. The average molecular weight is 286 g/mol. The summed E-state index contributed by atoms with van der Waals surface area (Å²) in [6.07, 6.45) is 0.651. The van der Waals surface area contributed by atoms with E-state index in [0.29, 0.717) is 32.7 Å². The Labute approximate surface area is 115 Å². The Morgan fingerprint density at radius 1 is 1.21 bits per heavy atom. The quantitative estimate of drug-likeness (QED) is 0.729. The molecule has 108 valence electrons. The summed E-state index contributed by atoms with van der Waals surface area (Å²) in [5.41, 5.74) is 6.24. The van der Waals surface area contributed by atoms with E-state index < -0.39 is 10.0 Å². The molecule has 5 nitrogen and oxygen atoms in total. The third-order valence-electron chi connectivity index (χ3n) is 2.74. The second-order valence-corrected chi connectivity index (χ2v) is 6.24. The van der Waals surface area contributed by atoms with Crippen molar-refractivity contribution in [1.29, 1.82) is 0 Å². The van der Waals surface area contributed by atoms with Crippen LogP contribution in [0.5, 0.6) is 0 Å². The maximum absolute atomic E-state index is 12.3. The van der Waals surface area contributed by atoms with Crippen LogP contribution in [0.2, 0.25) is 0 Å². The molecule has 0 radical (unpaired) electrons. The van der Waals surface area contributed by atoms with Crippen molar-refractivity contribution in [3.05, 3.63) is 35.9 Å². The summed E-state index contributed by atoms with van der Waals surface area (Å²) in [5, 5.41) is 0. The van der Waals surface area contributed by atoms with E-state index in [4.69, 9.17) is 10.5 Å². The number of benzene rings is 1. The monoisotopic (exact) mass is 286 g/mol. The maximum atomic E-state index is 12.3. The third-order valence-corrected chi connectivity index (χ3v) is 4.59. The summed E-state index contributed by atoms with van der Waals surface area (Å²) >= 11 is 0. The molecule has 0 spiro atoms. The van der Waals surface area contributed by atoms with Crippen molar-refractivity contribution in [2.24, 2.45) is 5.73 Å². The topological polar surface area (TPSA) is 72.6 Å². The molecular weight excluding hydrogens is 264 g/mol. The van der Waals surface area contributed by atoms with E-state index >= 15 is 0 Å². The Hall–Kier alpha value is -0.950. The number of hydrogen-bond donors (Lipinski definition) is 1. The minimum atomic E-state index is -3.32. The van der Waals surface area contributed by atoms with Crippen molar-refractivity contribution < 1.29 is 13.2 Å². The van der Waals surface area contributed by atoms with Gasteiger partial charge in [-0.2, -0.15) is 4.31 Å². The lowest BCUT2D eigenvalue weighted by Crippen LogP contribution is -2.36. The molecule has 0 unspecified atom stereocenters. The van der Waals surface area contributed by atoms with Crippen LogP contribution in [0.15, 0.2) is 30.3 Å². The summed E-state index contributed by atoms with van der Waals surface area (Å²) in [4.78, 5) is 0. The second kappa shape index (κ2) is 8.27. The number of nitrogens with two attached hydrogens (primary N) is 1. The smallest absolute Gasteiger partial charge is 0.218 e. The molecule has 0 aromatic heterocycles. The SMILES string of the molecule is COCCN(CCCN)S(=O)(=O)Cc1ccccc1. The van der Waals surface area contributed by atoms with E-state index in [1.54, 1.807) is 7.11 Å². The van der Waals surface area contributed by atoms with Gasteiger partial charge in [-0.05, 0) is 18.5 Å². The van der Waals surface area contributed by atoms with Crippen molar-refractivity contribution >= 4 is 10.0 Å². The molecule has 1 rings (SSSR count). The fraction of sp³-hybridized carbons (Fsp3) is 0.538. The van der Waals surface area contributed by atoms with Crippen LogP contribution in [-0.2, 0) is 20.5 Å². The zero-order valence-electron chi connectivity index (χ0n) is 11.3. The molecule has 6 heteroatoms. The molecule has 0 amide bonds. The Kier molecular flexibility index (Phi) is 7.01. The molecule has 0 aliphatic rings. The molecule has 0 aliphatic carbocycles. The Morgan fingerprint density at radius 2 is 1.89 bits per heavy atom. The van der Waals surface area contributed by atoms with Gasteiger partial charge in [-0.15, -0.1) is 0 Å². The molecule has 0 saturated heterocycles. The van der Waals surface area contributed by atoms with E-state index in [1.165, 1.54) is 4.31 Å². The molecule has 0 atom stereocenters. The summed E-state index contributed by atoms with van der Waals surface area (Å²) in [5.74, 6) is 0.0160. The van der Waals surface area contributed by atoms with Crippen LogP contribution >= 0.6 is 0 Å². The van der Waals surface area contributed by atoms with Crippen LogP contribution in [-0.4, -0.2) is 46.1 Å². The standard InChI is InChI=1S/C13H22N2O3S/c1-18-11-10-15(9-5-8-14)19(16,17)12-13-6-3-2-4-7-13/h2-4,6-7H,5,8-12,14H2,1H3. The molecule has 0 heterocycles. The summed E-state index contributed by atoms with van der Waals surface area (Å²) in [6, 6.07) is 9.17. The number of methoxy groups -OCH3 is 1. The largest absolute Gasteiger partial charge is 0.383 e. The predicted octanol–water partition coefficient (Wildman–Crippen LogP) is 0.814. The van der Waals surface area contributed by atoms with Gasteiger partial charge in [0.05, 0.1) is 12.4 Å². The minimum absolute atomic E-state index is 0.0160. The van der Waals surface area contributed by atoms with Crippen molar-refractivity contribution in [3.63, 3.8) is 0 Å². The van der Waals surface area contributed by atoms with Crippen molar-refractivity contribution in [2.75, 3.05) is 33.4 Å². The lowest BCUT2D eigenvalue weighted by molar-refractivity contribution is 0.178. The minimum Gasteiger partial charge on any atom is -0.383 e. The molecule has 1 aromatic rings. The van der Waals surface area contributed by atoms with Gasteiger partial charge in [0.2, 0.25) is 10.0 Å². The first kappa shape index (κ1) is 16.1. The molecule has 1 aromatic carbocycles. The molecule has 19 heavy (non-hydrogen) atoms. The van der Waals surface area contributed by atoms with Crippen molar-refractivity contribution in [1.82, 2.24) is 4.31 Å². The lowest BCUT2D eigenvalue weighted by Gasteiger charge is -2.21. The Morgan fingerprint density at radius 3 is 2.47 bits per heavy atom. The molecule has 0 aliphatic heterocycles. The summed E-state index contributed by atoms with van der Waals surface area (Å²) in [7, 11) is -1.76. The number of sulfonamides is 1. The van der Waals surface area contributed by atoms with Gasteiger partial charge >= 0.3 is 0 Å². The number of nitrogens with zero attached hydrogens (tertiary/aromatic N) is 1. The zero-order chi connectivity index (χ0) is 14.1.